The summed E-state index contributed by atoms with van der Waals surface area (Å²) in [5.41, 5.74) is 3.47. The van der Waals surface area contributed by atoms with Crippen LogP contribution in [0.4, 0.5) is 0 Å². The highest BCUT2D eigenvalue weighted by Crippen LogP contribution is 2.42. The van der Waals surface area contributed by atoms with Crippen molar-refractivity contribution in [3.05, 3.63) is 70.2 Å². The number of aryl methyl sites for hydroxylation is 2. The minimum Gasteiger partial charge on any atom is -0.367 e. The van der Waals surface area contributed by atoms with Gasteiger partial charge in [0, 0.05) is 18.0 Å². The van der Waals surface area contributed by atoms with E-state index in [1.54, 1.807) is 0 Å². The topological polar surface area (TPSA) is 29.5 Å². The Morgan fingerprint density at radius 2 is 1.96 bits per heavy atom. The Morgan fingerprint density at radius 1 is 1.16 bits per heavy atom. The summed E-state index contributed by atoms with van der Waals surface area (Å²) in [6.07, 6.45) is 3.27. The highest BCUT2D eigenvalue weighted by molar-refractivity contribution is 6.30. The van der Waals surface area contributed by atoms with Gasteiger partial charge in [-0.2, -0.15) is 0 Å². The molecule has 0 unspecified atom stereocenters. The summed E-state index contributed by atoms with van der Waals surface area (Å²) in [4.78, 5) is 14.7. The van der Waals surface area contributed by atoms with Gasteiger partial charge >= 0.3 is 0 Å². The number of carbonyl (C=O) groups excluding carboxylic acids is 1. The molecule has 3 nitrogen and oxygen atoms in total. The van der Waals surface area contributed by atoms with Crippen LogP contribution in [-0.4, -0.2) is 30.5 Å². The highest BCUT2D eigenvalue weighted by Gasteiger charge is 2.44. The van der Waals surface area contributed by atoms with Gasteiger partial charge in [0.05, 0.1) is 13.2 Å². The fourth-order valence-corrected chi connectivity index (χ4v) is 4.15. The molecule has 25 heavy (non-hydrogen) atoms. The van der Waals surface area contributed by atoms with E-state index in [1.807, 2.05) is 29.2 Å². The second kappa shape index (κ2) is 6.81. The van der Waals surface area contributed by atoms with Crippen LogP contribution in [-0.2, 0) is 28.0 Å². The van der Waals surface area contributed by atoms with Crippen molar-refractivity contribution in [1.82, 2.24) is 4.90 Å². The average molecular weight is 356 g/mol. The van der Waals surface area contributed by atoms with Gasteiger partial charge in [-0.3, -0.25) is 4.79 Å². The van der Waals surface area contributed by atoms with Gasteiger partial charge in [-0.15, -0.1) is 0 Å². The molecule has 2 aromatic carbocycles. The molecule has 0 bridgehead atoms. The van der Waals surface area contributed by atoms with Crippen LogP contribution in [0.3, 0.4) is 0 Å². The van der Waals surface area contributed by atoms with E-state index in [0.717, 1.165) is 29.8 Å². The molecule has 1 atom stereocenters. The molecule has 4 heteroatoms. The second-order valence-electron chi connectivity index (χ2n) is 6.94. The standard InChI is InChI=1S/C21H22ClNO2/c22-18-8-5-16(6-9-18)7-10-20(24)23-13-14-25-21(15-23)12-11-17-3-1-2-4-19(17)21/h1-6,8-9H,7,10-15H2/t21-/m0/s1. The summed E-state index contributed by atoms with van der Waals surface area (Å²) in [5.74, 6) is 0.210. The molecular formula is C21H22ClNO2. The number of hydrogen-bond donors (Lipinski definition) is 0. The van der Waals surface area contributed by atoms with Crippen LogP contribution in [0, 0.1) is 0 Å². The maximum absolute atomic E-state index is 12.7. The lowest BCUT2D eigenvalue weighted by Crippen LogP contribution is -2.51. The van der Waals surface area contributed by atoms with Gasteiger partial charge < -0.3 is 9.64 Å². The minimum absolute atomic E-state index is 0.210. The largest absolute Gasteiger partial charge is 0.367 e. The molecule has 1 heterocycles. The van der Waals surface area contributed by atoms with Gasteiger partial charge in [-0.25, -0.2) is 0 Å². The fraction of sp³-hybridized carbons (Fsp3) is 0.381. The Balaban J connectivity index is 1.43. The maximum Gasteiger partial charge on any atom is 0.223 e. The summed E-state index contributed by atoms with van der Waals surface area (Å²) >= 11 is 5.92. The molecule has 0 N–H and O–H groups in total. The first kappa shape index (κ1) is 16.6. The molecule has 1 aliphatic carbocycles. The Hall–Kier alpha value is -1.84. The lowest BCUT2D eigenvalue weighted by Gasteiger charge is -2.41. The number of carbonyl (C=O) groups is 1. The van der Waals surface area contributed by atoms with E-state index >= 15 is 0 Å². The smallest absolute Gasteiger partial charge is 0.223 e. The van der Waals surface area contributed by atoms with Gasteiger partial charge in [-0.1, -0.05) is 48.0 Å². The number of amides is 1. The summed E-state index contributed by atoms with van der Waals surface area (Å²) in [6, 6.07) is 16.2. The van der Waals surface area contributed by atoms with Crippen molar-refractivity contribution < 1.29 is 9.53 Å². The first-order chi connectivity index (χ1) is 12.2. The molecule has 4 rings (SSSR count). The molecule has 0 aromatic heterocycles. The van der Waals surface area contributed by atoms with Crippen molar-refractivity contribution in [1.29, 1.82) is 0 Å². The number of halogens is 1. The molecule has 1 amide bonds. The average Bonchev–Trinajstić information content (AvgIpc) is 2.99. The van der Waals surface area contributed by atoms with Crippen molar-refractivity contribution >= 4 is 17.5 Å². The normalized spacial score (nSPS) is 22.2. The van der Waals surface area contributed by atoms with E-state index < -0.39 is 0 Å². The lowest BCUT2D eigenvalue weighted by atomic mass is 9.93. The molecule has 130 valence electrons. The predicted octanol–water partition coefficient (Wildman–Crippen LogP) is 3.97. The maximum atomic E-state index is 12.7. The third kappa shape index (κ3) is 3.31. The molecule has 1 fully saturated rings. The fourth-order valence-electron chi connectivity index (χ4n) is 4.03. The summed E-state index contributed by atoms with van der Waals surface area (Å²) in [7, 11) is 0. The van der Waals surface area contributed by atoms with Crippen molar-refractivity contribution in [3.63, 3.8) is 0 Å². The second-order valence-corrected chi connectivity index (χ2v) is 7.38. The van der Waals surface area contributed by atoms with Gasteiger partial charge in [0.15, 0.2) is 0 Å². The van der Waals surface area contributed by atoms with E-state index in [1.165, 1.54) is 11.1 Å². The minimum atomic E-state index is -0.301. The van der Waals surface area contributed by atoms with Crippen LogP contribution in [0.15, 0.2) is 48.5 Å². The van der Waals surface area contributed by atoms with Crippen LogP contribution in [0.1, 0.15) is 29.5 Å². The van der Waals surface area contributed by atoms with Gasteiger partial charge in [0.2, 0.25) is 5.91 Å². The van der Waals surface area contributed by atoms with Crippen LogP contribution < -0.4 is 0 Å². The Morgan fingerprint density at radius 3 is 2.80 bits per heavy atom. The highest BCUT2D eigenvalue weighted by atomic mass is 35.5. The predicted molar refractivity (Wildman–Crippen MR) is 98.7 cm³/mol. The molecule has 1 aliphatic heterocycles. The lowest BCUT2D eigenvalue weighted by molar-refractivity contribution is -0.152. The van der Waals surface area contributed by atoms with E-state index in [9.17, 15) is 4.79 Å². The van der Waals surface area contributed by atoms with Crippen molar-refractivity contribution in [2.75, 3.05) is 19.7 Å². The Labute approximate surface area is 153 Å². The first-order valence-electron chi connectivity index (χ1n) is 8.91. The number of fused-ring (bicyclic) bond motifs is 2. The molecule has 0 saturated carbocycles. The zero-order chi connectivity index (χ0) is 17.3. The van der Waals surface area contributed by atoms with Crippen LogP contribution in [0.5, 0.6) is 0 Å². The van der Waals surface area contributed by atoms with Crippen molar-refractivity contribution in [2.45, 2.75) is 31.3 Å². The molecule has 2 aliphatic rings. The molecule has 1 spiro atoms. The number of morpholine rings is 1. The van der Waals surface area contributed by atoms with E-state index in [0.29, 0.717) is 26.1 Å². The zero-order valence-corrected chi connectivity index (χ0v) is 15.0. The van der Waals surface area contributed by atoms with Crippen LogP contribution in [0.25, 0.3) is 0 Å². The zero-order valence-electron chi connectivity index (χ0n) is 14.2. The van der Waals surface area contributed by atoms with Gasteiger partial charge in [0.25, 0.3) is 0 Å². The van der Waals surface area contributed by atoms with E-state index in [2.05, 4.69) is 24.3 Å². The number of ether oxygens (including phenoxy) is 1. The van der Waals surface area contributed by atoms with Gasteiger partial charge in [-0.05, 0) is 48.1 Å². The molecule has 0 radical (unpaired) electrons. The number of benzene rings is 2. The van der Waals surface area contributed by atoms with Crippen LogP contribution in [0.2, 0.25) is 5.02 Å². The monoisotopic (exact) mass is 355 g/mol. The van der Waals surface area contributed by atoms with E-state index in [-0.39, 0.29) is 11.5 Å². The molecular weight excluding hydrogens is 334 g/mol. The van der Waals surface area contributed by atoms with Gasteiger partial charge in [0.1, 0.15) is 5.60 Å². The number of hydrogen-bond acceptors (Lipinski definition) is 2. The third-order valence-corrected chi connectivity index (χ3v) is 5.64. The molecule has 2 aromatic rings. The van der Waals surface area contributed by atoms with Crippen LogP contribution >= 0.6 is 11.6 Å². The SMILES string of the molecule is O=C(CCc1ccc(Cl)cc1)N1CCO[C@@]2(CCc3ccccc32)C1. The third-order valence-electron chi connectivity index (χ3n) is 5.39. The summed E-state index contributed by atoms with van der Waals surface area (Å²) in [5, 5.41) is 0.727. The van der Waals surface area contributed by atoms with E-state index in [4.69, 9.17) is 16.3 Å². The first-order valence-corrected chi connectivity index (χ1v) is 9.29. The van der Waals surface area contributed by atoms with Crippen molar-refractivity contribution in [2.24, 2.45) is 0 Å². The number of rotatable bonds is 3. The Bertz CT molecular complexity index is 770. The quantitative estimate of drug-likeness (QED) is 0.833. The van der Waals surface area contributed by atoms with Crippen molar-refractivity contribution in [3.8, 4) is 0 Å². The summed E-state index contributed by atoms with van der Waals surface area (Å²) in [6.45, 7) is 1.97. The summed E-state index contributed by atoms with van der Waals surface area (Å²) < 4.78 is 6.20. The number of nitrogens with zero attached hydrogens (tertiary/aromatic N) is 1. The molecule has 1 saturated heterocycles. The Kier molecular flexibility index (Phi) is 4.53.